The molecule has 1 aliphatic rings. The summed E-state index contributed by atoms with van der Waals surface area (Å²) in [6.07, 6.45) is 3.33. The fraction of sp³-hybridized carbons (Fsp3) is 0.643. The van der Waals surface area contributed by atoms with E-state index >= 15 is 0 Å². The van der Waals surface area contributed by atoms with E-state index in [1.165, 1.54) is 0 Å². The van der Waals surface area contributed by atoms with Crippen LogP contribution in [-0.4, -0.2) is 39.8 Å². The molecule has 0 atom stereocenters. The molecule has 2 heterocycles. The maximum absolute atomic E-state index is 11.9. The van der Waals surface area contributed by atoms with Gasteiger partial charge in [-0.1, -0.05) is 0 Å². The molecule has 1 aliphatic heterocycles. The molecule has 0 saturated carbocycles. The van der Waals surface area contributed by atoms with Gasteiger partial charge >= 0.3 is 5.97 Å². The second-order valence-electron chi connectivity index (χ2n) is 6.46. The van der Waals surface area contributed by atoms with Gasteiger partial charge in [-0.15, -0.1) is 5.06 Å². The zero-order valence-electron chi connectivity index (χ0n) is 13.0. The van der Waals surface area contributed by atoms with Crippen LogP contribution in [0.15, 0.2) is 10.7 Å². The monoisotopic (exact) mass is 372 g/mol. The zero-order chi connectivity index (χ0) is 16.5. The Morgan fingerprint density at radius 2 is 1.95 bits per heavy atom. The lowest BCUT2D eigenvalue weighted by molar-refractivity contribution is -0.205. The van der Waals surface area contributed by atoms with Crippen LogP contribution in [0.2, 0.25) is 0 Å². The van der Waals surface area contributed by atoms with Crippen molar-refractivity contribution < 1.29 is 14.4 Å². The number of hydrogen-bond donors (Lipinski definition) is 1. The number of amides is 1. The Morgan fingerprint density at radius 3 is 2.41 bits per heavy atom. The molecule has 22 heavy (non-hydrogen) atoms. The van der Waals surface area contributed by atoms with Crippen LogP contribution in [0.3, 0.4) is 0 Å². The second-order valence-corrected chi connectivity index (χ2v) is 7.31. The molecule has 7 nitrogen and oxygen atoms in total. The van der Waals surface area contributed by atoms with Gasteiger partial charge in [0.25, 0.3) is 5.91 Å². The van der Waals surface area contributed by atoms with Crippen molar-refractivity contribution in [3.63, 3.8) is 0 Å². The van der Waals surface area contributed by atoms with Gasteiger partial charge in [-0.25, -0.2) is 4.79 Å². The van der Waals surface area contributed by atoms with E-state index < -0.39 is 11.3 Å². The molecule has 0 aromatic carbocycles. The number of nitrogens with zero attached hydrogens (tertiary/aromatic N) is 3. The highest BCUT2D eigenvalue weighted by Gasteiger charge is 2.29. The average Bonchev–Trinajstić information content (AvgIpc) is 2.80. The molecular formula is C14H21BrN4O3. The Hall–Kier alpha value is -1.41. The van der Waals surface area contributed by atoms with Gasteiger partial charge in [0.2, 0.25) is 0 Å². The second kappa shape index (κ2) is 6.37. The summed E-state index contributed by atoms with van der Waals surface area (Å²) in [7, 11) is 0. The highest BCUT2D eigenvalue weighted by molar-refractivity contribution is 9.10. The van der Waals surface area contributed by atoms with Crippen LogP contribution < -0.4 is 5.73 Å². The van der Waals surface area contributed by atoms with E-state index in [2.05, 4.69) is 21.0 Å². The van der Waals surface area contributed by atoms with E-state index in [1.807, 2.05) is 20.8 Å². The van der Waals surface area contributed by atoms with Gasteiger partial charge in [0, 0.05) is 19.3 Å². The highest BCUT2D eigenvalue weighted by Crippen LogP contribution is 2.26. The van der Waals surface area contributed by atoms with Crippen molar-refractivity contribution in [3.05, 3.63) is 16.4 Å². The van der Waals surface area contributed by atoms with Crippen LogP contribution in [-0.2, 0) is 9.63 Å². The number of carbonyl (C=O) groups excluding carboxylic acids is 2. The minimum absolute atomic E-state index is 0.161. The first-order chi connectivity index (χ1) is 10.2. The largest absolute Gasteiger partial charge is 0.367 e. The van der Waals surface area contributed by atoms with Crippen molar-refractivity contribution in [1.82, 2.24) is 14.8 Å². The summed E-state index contributed by atoms with van der Waals surface area (Å²) in [6.45, 7) is 6.75. The predicted octanol–water partition coefficient (Wildman–Crippen LogP) is 1.89. The summed E-state index contributed by atoms with van der Waals surface area (Å²) in [5.41, 5.74) is 4.99. The van der Waals surface area contributed by atoms with Crippen LogP contribution in [0.5, 0.6) is 0 Å². The fourth-order valence-electron chi connectivity index (χ4n) is 2.18. The molecule has 0 radical (unpaired) electrons. The van der Waals surface area contributed by atoms with E-state index in [-0.39, 0.29) is 17.7 Å². The standard InChI is InChI=1S/C14H21BrN4O3/c1-14(2,3)13(21)22-18-6-4-9(5-7-18)19-8-10(15)11(17-19)12(16)20/h8-9H,4-7H2,1-3H3,(H2,16,20). The smallest absolute Gasteiger partial charge is 0.330 e. The number of halogens is 1. The molecule has 0 bridgehead atoms. The lowest BCUT2D eigenvalue weighted by atomic mass is 9.98. The molecule has 1 aromatic heterocycles. The van der Waals surface area contributed by atoms with Gasteiger partial charge in [0.05, 0.1) is 15.9 Å². The van der Waals surface area contributed by atoms with Crippen molar-refractivity contribution in [2.24, 2.45) is 11.1 Å². The minimum Gasteiger partial charge on any atom is -0.367 e. The predicted molar refractivity (Wildman–Crippen MR) is 83.8 cm³/mol. The summed E-state index contributed by atoms with van der Waals surface area (Å²) in [5.74, 6) is -0.786. The molecule has 0 spiro atoms. The van der Waals surface area contributed by atoms with Crippen LogP contribution in [0.4, 0.5) is 0 Å². The summed E-state index contributed by atoms with van der Waals surface area (Å²) in [4.78, 5) is 28.5. The zero-order valence-corrected chi connectivity index (χ0v) is 14.6. The summed E-state index contributed by atoms with van der Waals surface area (Å²) in [6, 6.07) is 0.161. The molecular weight excluding hydrogens is 352 g/mol. The number of hydrogen-bond acceptors (Lipinski definition) is 5. The Kier molecular flexibility index (Phi) is 4.91. The molecule has 2 rings (SSSR count). The van der Waals surface area contributed by atoms with Crippen LogP contribution in [0.25, 0.3) is 0 Å². The topological polar surface area (TPSA) is 90.5 Å². The Labute approximate surface area is 137 Å². The summed E-state index contributed by atoms with van der Waals surface area (Å²) >= 11 is 3.29. The molecule has 1 saturated heterocycles. The van der Waals surface area contributed by atoms with Crippen LogP contribution in [0, 0.1) is 5.41 Å². The van der Waals surface area contributed by atoms with Gasteiger partial charge in [0.15, 0.2) is 5.69 Å². The quantitative estimate of drug-likeness (QED) is 0.874. The number of nitrogens with two attached hydrogens (primary N) is 1. The maximum Gasteiger partial charge on any atom is 0.330 e. The lowest BCUT2D eigenvalue weighted by Gasteiger charge is -2.32. The number of piperidine rings is 1. The Balaban J connectivity index is 1.94. The summed E-state index contributed by atoms with van der Waals surface area (Å²) in [5, 5.41) is 5.92. The normalized spacial score (nSPS) is 17.5. The molecule has 0 unspecified atom stereocenters. The number of aromatic nitrogens is 2. The summed E-state index contributed by atoms with van der Waals surface area (Å²) < 4.78 is 2.36. The minimum atomic E-state index is -0.554. The SMILES string of the molecule is CC(C)(C)C(=O)ON1CCC(n2cc(Br)c(C(N)=O)n2)CC1. The molecule has 8 heteroatoms. The highest BCUT2D eigenvalue weighted by atomic mass is 79.9. The fourth-order valence-corrected chi connectivity index (χ4v) is 2.66. The maximum atomic E-state index is 11.9. The Bertz CT molecular complexity index is 571. The van der Waals surface area contributed by atoms with Crippen molar-refractivity contribution in [1.29, 1.82) is 0 Å². The Morgan fingerprint density at radius 1 is 1.36 bits per heavy atom. The van der Waals surface area contributed by atoms with E-state index in [0.29, 0.717) is 17.6 Å². The number of hydroxylamine groups is 2. The van der Waals surface area contributed by atoms with Crippen LogP contribution >= 0.6 is 15.9 Å². The molecule has 1 aromatic rings. The third kappa shape index (κ3) is 3.86. The van der Waals surface area contributed by atoms with Gasteiger partial charge in [-0.05, 0) is 49.5 Å². The molecule has 1 fully saturated rings. The van der Waals surface area contributed by atoms with E-state index in [4.69, 9.17) is 10.6 Å². The first-order valence-electron chi connectivity index (χ1n) is 7.20. The molecule has 1 amide bonds. The van der Waals surface area contributed by atoms with Gasteiger partial charge in [-0.2, -0.15) is 5.10 Å². The van der Waals surface area contributed by atoms with Gasteiger partial charge < -0.3 is 10.6 Å². The van der Waals surface area contributed by atoms with E-state index in [9.17, 15) is 9.59 Å². The third-order valence-corrected chi connectivity index (χ3v) is 4.12. The van der Waals surface area contributed by atoms with Crippen molar-refractivity contribution in [2.75, 3.05) is 13.1 Å². The number of rotatable bonds is 3. The number of primary amides is 1. The molecule has 2 N–H and O–H groups in total. The first-order valence-corrected chi connectivity index (χ1v) is 7.99. The average molecular weight is 373 g/mol. The van der Waals surface area contributed by atoms with Gasteiger partial charge in [0.1, 0.15) is 0 Å². The molecule has 0 aliphatic carbocycles. The molecule has 122 valence electrons. The van der Waals surface area contributed by atoms with Crippen molar-refractivity contribution in [2.45, 2.75) is 39.7 Å². The van der Waals surface area contributed by atoms with Gasteiger partial charge in [-0.3, -0.25) is 9.48 Å². The van der Waals surface area contributed by atoms with E-state index in [0.717, 1.165) is 12.8 Å². The van der Waals surface area contributed by atoms with Crippen molar-refractivity contribution in [3.8, 4) is 0 Å². The van der Waals surface area contributed by atoms with E-state index in [1.54, 1.807) is 15.9 Å². The third-order valence-electron chi connectivity index (χ3n) is 3.54. The van der Waals surface area contributed by atoms with Crippen molar-refractivity contribution >= 4 is 27.8 Å². The van der Waals surface area contributed by atoms with Crippen LogP contribution in [0.1, 0.15) is 50.1 Å². The first kappa shape index (κ1) is 17.0. The lowest BCUT2D eigenvalue weighted by Crippen LogP contribution is -2.39. The number of carbonyl (C=O) groups is 2.